The van der Waals surface area contributed by atoms with Crippen molar-refractivity contribution >= 4 is 52.3 Å². The number of halogens is 1. The molecule has 0 radical (unpaired) electrons. The lowest BCUT2D eigenvalue weighted by molar-refractivity contribution is -0.125. The number of rotatable bonds is 8. The van der Waals surface area contributed by atoms with Crippen LogP contribution in [0.5, 0.6) is 5.75 Å². The van der Waals surface area contributed by atoms with Gasteiger partial charge in [-0.3, -0.25) is 30.6 Å². The van der Waals surface area contributed by atoms with Gasteiger partial charge in [-0.15, -0.1) is 0 Å². The topological polar surface area (TPSA) is 109 Å². The van der Waals surface area contributed by atoms with E-state index >= 15 is 0 Å². The Hall–Kier alpha value is -3.17. The first-order valence-electron chi connectivity index (χ1n) is 9.52. The smallest absolute Gasteiger partial charge is 0.264 e. The van der Waals surface area contributed by atoms with Crippen LogP contribution in [-0.2, 0) is 20.8 Å². The minimum atomic E-state index is -0.481. The first kappa shape index (κ1) is 24.1. The molecule has 0 bridgehead atoms. The lowest BCUT2D eigenvalue weighted by Crippen LogP contribution is -2.49. The van der Waals surface area contributed by atoms with Gasteiger partial charge in [0.25, 0.3) is 5.91 Å². The van der Waals surface area contributed by atoms with Gasteiger partial charge < -0.3 is 10.1 Å². The molecule has 0 atom stereocenters. The van der Waals surface area contributed by atoms with E-state index in [4.69, 9.17) is 28.6 Å². The van der Waals surface area contributed by atoms with Crippen LogP contribution in [0.25, 0.3) is 0 Å². The average molecular weight is 463 g/mol. The van der Waals surface area contributed by atoms with Crippen molar-refractivity contribution in [2.24, 2.45) is 0 Å². The second-order valence-electron chi connectivity index (χ2n) is 6.36. The number of ether oxygens (including phenoxy) is 1. The normalized spacial score (nSPS) is 10.0. The Labute approximate surface area is 190 Å². The fourth-order valence-electron chi connectivity index (χ4n) is 2.36. The predicted molar refractivity (Wildman–Crippen MR) is 123 cm³/mol. The number of carbonyl (C=O) groups excluding carboxylic acids is 3. The van der Waals surface area contributed by atoms with E-state index in [9.17, 15) is 14.4 Å². The molecule has 0 fully saturated rings. The quantitative estimate of drug-likeness (QED) is 0.355. The number of para-hydroxylation sites is 1. The standard InChI is InChI=1S/C21H23ClN4O4S/c1-2-14-7-9-15(10-8-14)30-13-20(29)24-21(31)26-25-19(28)12-11-18(27)23-17-6-4-3-5-16(17)22/h3-10H,2,11-13H2,1H3,(H,23,27)(H,25,28)(H2,24,26,29,31). The number of aryl methyl sites for hydroxylation is 1. The molecule has 0 aliphatic heterocycles. The highest BCUT2D eigenvalue weighted by Gasteiger charge is 2.10. The zero-order valence-electron chi connectivity index (χ0n) is 16.9. The highest BCUT2D eigenvalue weighted by atomic mass is 35.5. The Balaban J connectivity index is 1.62. The molecule has 31 heavy (non-hydrogen) atoms. The Morgan fingerprint density at radius 2 is 1.61 bits per heavy atom. The van der Waals surface area contributed by atoms with Crippen LogP contribution in [-0.4, -0.2) is 29.4 Å². The van der Waals surface area contributed by atoms with Gasteiger partial charge >= 0.3 is 0 Å². The maximum atomic E-state index is 11.9. The van der Waals surface area contributed by atoms with E-state index in [0.29, 0.717) is 16.5 Å². The highest BCUT2D eigenvalue weighted by molar-refractivity contribution is 7.80. The van der Waals surface area contributed by atoms with Crippen molar-refractivity contribution in [2.75, 3.05) is 11.9 Å². The van der Waals surface area contributed by atoms with Crippen molar-refractivity contribution in [3.63, 3.8) is 0 Å². The summed E-state index contributed by atoms with van der Waals surface area (Å²) in [5.74, 6) is -0.749. The molecule has 0 aliphatic carbocycles. The van der Waals surface area contributed by atoms with Crippen molar-refractivity contribution in [3.05, 3.63) is 59.1 Å². The maximum Gasteiger partial charge on any atom is 0.264 e. The van der Waals surface area contributed by atoms with Crippen LogP contribution in [0.15, 0.2) is 48.5 Å². The van der Waals surface area contributed by atoms with Crippen LogP contribution < -0.4 is 26.2 Å². The molecule has 2 rings (SSSR count). The largest absolute Gasteiger partial charge is 0.484 e. The molecule has 2 aromatic carbocycles. The van der Waals surface area contributed by atoms with Gasteiger partial charge in [-0.1, -0.05) is 42.8 Å². The monoisotopic (exact) mass is 462 g/mol. The van der Waals surface area contributed by atoms with E-state index in [2.05, 4.69) is 21.5 Å². The van der Waals surface area contributed by atoms with Crippen LogP contribution >= 0.6 is 23.8 Å². The van der Waals surface area contributed by atoms with Gasteiger partial charge in [0.1, 0.15) is 5.75 Å². The molecule has 0 spiro atoms. The summed E-state index contributed by atoms with van der Waals surface area (Å²) in [6.45, 7) is 1.81. The van der Waals surface area contributed by atoms with E-state index < -0.39 is 11.8 Å². The number of anilines is 1. The van der Waals surface area contributed by atoms with Gasteiger partial charge in [0.15, 0.2) is 11.7 Å². The van der Waals surface area contributed by atoms with Crippen molar-refractivity contribution in [1.82, 2.24) is 16.2 Å². The van der Waals surface area contributed by atoms with Crippen LogP contribution in [0.3, 0.4) is 0 Å². The van der Waals surface area contributed by atoms with E-state index in [1.807, 2.05) is 19.1 Å². The summed E-state index contributed by atoms with van der Waals surface area (Å²) in [4.78, 5) is 35.6. The van der Waals surface area contributed by atoms with Gasteiger partial charge in [0.2, 0.25) is 11.8 Å². The van der Waals surface area contributed by atoms with Crippen molar-refractivity contribution in [2.45, 2.75) is 26.2 Å². The Kier molecular flexibility index (Phi) is 9.73. The number of hydrogen-bond acceptors (Lipinski definition) is 5. The van der Waals surface area contributed by atoms with E-state index in [1.54, 1.807) is 36.4 Å². The molecule has 164 valence electrons. The maximum absolute atomic E-state index is 11.9. The molecule has 8 nitrogen and oxygen atoms in total. The predicted octanol–water partition coefficient (Wildman–Crippen LogP) is 2.72. The van der Waals surface area contributed by atoms with Gasteiger partial charge in [-0.05, 0) is 48.5 Å². The summed E-state index contributed by atoms with van der Waals surface area (Å²) >= 11 is 10.9. The number of nitrogens with one attached hydrogen (secondary N) is 4. The van der Waals surface area contributed by atoms with E-state index in [1.165, 1.54) is 5.56 Å². The Bertz CT molecular complexity index is 937. The fourth-order valence-corrected chi connectivity index (χ4v) is 2.70. The second-order valence-corrected chi connectivity index (χ2v) is 7.18. The molecule has 0 saturated carbocycles. The van der Waals surface area contributed by atoms with Crippen LogP contribution in [0.4, 0.5) is 5.69 Å². The molecule has 0 aromatic heterocycles. The molecule has 2 aromatic rings. The zero-order valence-corrected chi connectivity index (χ0v) is 18.4. The lowest BCUT2D eigenvalue weighted by atomic mass is 10.2. The lowest BCUT2D eigenvalue weighted by Gasteiger charge is -2.11. The van der Waals surface area contributed by atoms with Gasteiger partial charge in [-0.2, -0.15) is 0 Å². The van der Waals surface area contributed by atoms with Crippen LogP contribution in [0.1, 0.15) is 25.3 Å². The van der Waals surface area contributed by atoms with Crippen LogP contribution in [0, 0.1) is 0 Å². The summed E-state index contributed by atoms with van der Waals surface area (Å²) in [6.07, 6.45) is 0.776. The van der Waals surface area contributed by atoms with Gasteiger partial charge in [-0.25, -0.2) is 0 Å². The molecule has 0 saturated heterocycles. The minimum Gasteiger partial charge on any atom is -0.484 e. The number of benzene rings is 2. The average Bonchev–Trinajstić information content (AvgIpc) is 2.76. The summed E-state index contributed by atoms with van der Waals surface area (Å²) in [5, 5.41) is 5.32. The second kappa shape index (κ2) is 12.5. The number of hydrazine groups is 1. The number of hydrogen-bond donors (Lipinski definition) is 4. The third kappa shape index (κ3) is 9.02. The fraction of sp³-hybridized carbons (Fsp3) is 0.238. The summed E-state index contributed by atoms with van der Waals surface area (Å²) < 4.78 is 5.38. The van der Waals surface area contributed by atoms with Gasteiger partial charge in [0.05, 0.1) is 10.7 Å². The molecule has 3 amide bonds. The molecule has 0 unspecified atom stereocenters. The van der Waals surface area contributed by atoms with Crippen LogP contribution in [0.2, 0.25) is 5.02 Å². The third-order valence-electron chi connectivity index (χ3n) is 4.00. The summed E-state index contributed by atoms with van der Waals surface area (Å²) in [7, 11) is 0. The first-order valence-corrected chi connectivity index (χ1v) is 10.3. The molecule has 10 heteroatoms. The number of thiocarbonyl (C=S) groups is 1. The third-order valence-corrected chi connectivity index (χ3v) is 4.53. The SMILES string of the molecule is CCc1ccc(OCC(=O)NC(=S)NNC(=O)CCC(=O)Nc2ccccc2Cl)cc1. The highest BCUT2D eigenvalue weighted by Crippen LogP contribution is 2.20. The zero-order chi connectivity index (χ0) is 22.6. The minimum absolute atomic E-state index is 0.0531. The molecule has 0 aliphatic rings. The Morgan fingerprint density at radius 1 is 0.935 bits per heavy atom. The first-order chi connectivity index (χ1) is 14.9. The molecular formula is C21H23ClN4O4S. The van der Waals surface area contributed by atoms with Gasteiger partial charge in [0, 0.05) is 12.8 Å². The molecule has 0 heterocycles. The summed E-state index contributed by atoms with van der Waals surface area (Å²) in [5.41, 5.74) is 6.35. The molecular weight excluding hydrogens is 440 g/mol. The summed E-state index contributed by atoms with van der Waals surface area (Å²) in [6, 6.07) is 14.2. The van der Waals surface area contributed by atoms with Crippen molar-refractivity contribution in [3.8, 4) is 5.75 Å². The Morgan fingerprint density at radius 3 is 2.29 bits per heavy atom. The van der Waals surface area contributed by atoms with Crippen molar-refractivity contribution in [1.29, 1.82) is 0 Å². The molecule has 4 N–H and O–H groups in total. The van der Waals surface area contributed by atoms with Crippen molar-refractivity contribution < 1.29 is 19.1 Å². The van der Waals surface area contributed by atoms with E-state index in [-0.39, 0.29) is 30.5 Å². The number of carbonyl (C=O) groups is 3. The number of amides is 3. The van der Waals surface area contributed by atoms with E-state index in [0.717, 1.165) is 6.42 Å².